The number of aromatic carboxylic acids is 1. The van der Waals surface area contributed by atoms with Crippen molar-refractivity contribution in [2.75, 3.05) is 19.0 Å². The number of methoxy groups -OCH3 is 1. The molecule has 1 aromatic heterocycles. The van der Waals surface area contributed by atoms with Gasteiger partial charge in [-0.1, -0.05) is 0 Å². The van der Waals surface area contributed by atoms with E-state index in [4.69, 9.17) is 9.84 Å². The molecule has 0 saturated heterocycles. The number of hydrogen-bond donors (Lipinski definition) is 2. The van der Waals surface area contributed by atoms with E-state index < -0.39 is 11.9 Å². The first-order chi connectivity index (χ1) is 9.80. The third kappa shape index (κ3) is 3.84. The fourth-order valence-electron chi connectivity index (χ4n) is 2.36. The summed E-state index contributed by atoms with van der Waals surface area (Å²) in [6.07, 6.45) is -0.771. The van der Waals surface area contributed by atoms with Gasteiger partial charge in [0.2, 0.25) is 11.9 Å². The standard InChI is InChI=1S/C13H17F2N3O3/c1-7-3-9(11(19)20)18-12(17-7)16-6-10(21-2)8-4-13(14,15)5-8/h3,8,10H,4-6H2,1-2H3,(H,19,20)(H,16,17,18). The molecule has 1 atom stereocenters. The van der Waals surface area contributed by atoms with Crippen LogP contribution in [0.1, 0.15) is 29.0 Å². The number of aryl methyl sites for hydroxylation is 1. The molecule has 0 aliphatic heterocycles. The monoisotopic (exact) mass is 301 g/mol. The number of carboxylic acids is 1. The summed E-state index contributed by atoms with van der Waals surface area (Å²) in [5.41, 5.74) is 0.392. The second kappa shape index (κ2) is 5.88. The van der Waals surface area contributed by atoms with E-state index in [-0.39, 0.29) is 43.1 Å². The van der Waals surface area contributed by atoms with Crippen LogP contribution in [0.3, 0.4) is 0 Å². The Morgan fingerprint density at radius 1 is 1.57 bits per heavy atom. The Kier molecular flexibility index (Phi) is 4.36. The molecule has 0 radical (unpaired) electrons. The average Bonchev–Trinajstić information content (AvgIpc) is 2.36. The van der Waals surface area contributed by atoms with Crippen molar-refractivity contribution >= 4 is 11.9 Å². The predicted molar refractivity (Wildman–Crippen MR) is 70.7 cm³/mol. The van der Waals surface area contributed by atoms with Gasteiger partial charge in [-0.25, -0.2) is 23.5 Å². The van der Waals surface area contributed by atoms with Crippen LogP contribution in [0.25, 0.3) is 0 Å². The summed E-state index contributed by atoms with van der Waals surface area (Å²) >= 11 is 0. The number of carboxylic acid groups (broad SMARTS) is 1. The molecule has 1 aliphatic rings. The summed E-state index contributed by atoms with van der Waals surface area (Å²) in [5, 5.41) is 11.8. The maximum Gasteiger partial charge on any atom is 0.354 e. The first-order valence-corrected chi connectivity index (χ1v) is 6.54. The summed E-state index contributed by atoms with van der Waals surface area (Å²) in [6.45, 7) is 1.90. The Morgan fingerprint density at radius 2 is 2.24 bits per heavy atom. The molecule has 6 nitrogen and oxygen atoms in total. The fraction of sp³-hybridized carbons (Fsp3) is 0.615. The van der Waals surface area contributed by atoms with Crippen molar-refractivity contribution in [3.8, 4) is 0 Å². The molecule has 1 unspecified atom stereocenters. The Labute approximate surface area is 120 Å². The minimum atomic E-state index is -2.60. The van der Waals surface area contributed by atoms with Crippen LogP contribution >= 0.6 is 0 Å². The second-order valence-electron chi connectivity index (χ2n) is 5.20. The molecule has 1 saturated carbocycles. The van der Waals surface area contributed by atoms with Crippen molar-refractivity contribution in [2.45, 2.75) is 31.8 Å². The van der Waals surface area contributed by atoms with Gasteiger partial charge in [0.05, 0.1) is 6.10 Å². The molecule has 1 heterocycles. The number of aromatic nitrogens is 2. The molecular weight excluding hydrogens is 284 g/mol. The van der Waals surface area contributed by atoms with E-state index in [9.17, 15) is 13.6 Å². The summed E-state index contributed by atoms with van der Waals surface area (Å²) in [7, 11) is 1.46. The maximum atomic E-state index is 12.9. The molecular formula is C13H17F2N3O3. The predicted octanol–water partition coefficient (Wildman–Crippen LogP) is 1.96. The molecule has 2 N–H and O–H groups in total. The Bertz CT molecular complexity index is 531. The normalized spacial score (nSPS) is 18.9. The van der Waals surface area contributed by atoms with E-state index in [2.05, 4.69) is 15.3 Å². The van der Waals surface area contributed by atoms with Crippen molar-refractivity contribution in [1.29, 1.82) is 0 Å². The van der Waals surface area contributed by atoms with Crippen LogP contribution in [-0.2, 0) is 4.74 Å². The van der Waals surface area contributed by atoms with Crippen LogP contribution < -0.4 is 5.32 Å². The van der Waals surface area contributed by atoms with Crippen molar-refractivity contribution in [1.82, 2.24) is 9.97 Å². The van der Waals surface area contributed by atoms with Crippen LogP contribution in [0.5, 0.6) is 0 Å². The van der Waals surface area contributed by atoms with Gasteiger partial charge in [0.25, 0.3) is 0 Å². The quantitative estimate of drug-likeness (QED) is 0.835. The van der Waals surface area contributed by atoms with Crippen LogP contribution in [0.4, 0.5) is 14.7 Å². The molecule has 8 heteroatoms. The molecule has 0 spiro atoms. The van der Waals surface area contributed by atoms with Crippen LogP contribution in [0.2, 0.25) is 0 Å². The maximum absolute atomic E-state index is 12.9. The number of alkyl halides is 2. The van der Waals surface area contributed by atoms with E-state index >= 15 is 0 Å². The minimum Gasteiger partial charge on any atom is -0.477 e. The first kappa shape index (κ1) is 15.6. The summed E-state index contributed by atoms with van der Waals surface area (Å²) in [5.74, 6) is -3.81. The second-order valence-corrected chi connectivity index (χ2v) is 5.20. The number of rotatable bonds is 6. The van der Waals surface area contributed by atoms with Crippen LogP contribution in [0.15, 0.2) is 6.07 Å². The topological polar surface area (TPSA) is 84.3 Å². The lowest BCUT2D eigenvalue weighted by Crippen LogP contribution is -2.45. The highest BCUT2D eigenvalue weighted by Gasteiger charge is 2.48. The Morgan fingerprint density at radius 3 is 2.76 bits per heavy atom. The van der Waals surface area contributed by atoms with Gasteiger partial charge in [0.1, 0.15) is 0 Å². The van der Waals surface area contributed by atoms with E-state index in [1.54, 1.807) is 6.92 Å². The van der Waals surface area contributed by atoms with Crippen molar-refractivity contribution in [2.24, 2.45) is 5.92 Å². The fourth-order valence-corrected chi connectivity index (χ4v) is 2.36. The van der Waals surface area contributed by atoms with Gasteiger partial charge in [-0.3, -0.25) is 0 Å². The van der Waals surface area contributed by atoms with Gasteiger partial charge in [-0.05, 0) is 18.9 Å². The molecule has 1 fully saturated rings. The van der Waals surface area contributed by atoms with Gasteiger partial charge >= 0.3 is 5.97 Å². The third-order valence-corrected chi connectivity index (χ3v) is 3.48. The smallest absolute Gasteiger partial charge is 0.354 e. The van der Waals surface area contributed by atoms with Gasteiger partial charge in [-0.15, -0.1) is 0 Å². The molecule has 1 aromatic rings. The van der Waals surface area contributed by atoms with Crippen molar-refractivity contribution < 1.29 is 23.4 Å². The van der Waals surface area contributed by atoms with E-state index in [1.165, 1.54) is 13.2 Å². The zero-order chi connectivity index (χ0) is 15.6. The highest BCUT2D eigenvalue weighted by molar-refractivity contribution is 5.85. The number of ether oxygens (including phenoxy) is 1. The lowest BCUT2D eigenvalue weighted by atomic mass is 9.77. The largest absolute Gasteiger partial charge is 0.477 e. The number of anilines is 1. The molecule has 1 aliphatic carbocycles. The highest BCUT2D eigenvalue weighted by atomic mass is 19.3. The summed E-state index contributed by atoms with van der Waals surface area (Å²) < 4.78 is 31.0. The first-order valence-electron chi connectivity index (χ1n) is 6.54. The number of nitrogens with zero attached hydrogens (tertiary/aromatic N) is 2. The van der Waals surface area contributed by atoms with Crippen molar-refractivity contribution in [3.63, 3.8) is 0 Å². The van der Waals surface area contributed by atoms with E-state index in [0.717, 1.165) is 0 Å². The molecule has 116 valence electrons. The Balaban J connectivity index is 1.97. The molecule has 0 amide bonds. The molecule has 21 heavy (non-hydrogen) atoms. The van der Waals surface area contributed by atoms with Crippen LogP contribution in [0, 0.1) is 12.8 Å². The van der Waals surface area contributed by atoms with Crippen molar-refractivity contribution in [3.05, 3.63) is 17.5 Å². The lowest BCUT2D eigenvalue weighted by molar-refractivity contribution is -0.144. The summed E-state index contributed by atoms with van der Waals surface area (Å²) in [6, 6.07) is 1.35. The zero-order valence-electron chi connectivity index (χ0n) is 11.8. The van der Waals surface area contributed by atoms with E-state index in [0.29, 0.717) is 5.69 Å². The van der Waals surface area contributed by atoms with E-state index in [1.807, 2.05) is 0 Å². The molecule has 0 aromatic carbocycles. The van der Waals surface area contributed by atoms with Gasteiger partial charge in [-0.2, -0.15) is 0 Å². The minimum absolute atomic E-state index is 0.117. The third-order valence-electron chi connectivity index (χ3n) is 3.48. The number of carbonyl (C=O) groups is 1. The average molecular weight is 301 g/mol. The zero-order valence-corrected chi connectivity index (χ0v) is 11.8. The van der Waals surface area contributed by atoms with Crippen LogP contribution in [-0.4, -0.2) is 46.7 Å². The summed E-state index contributed by atoms with van der Waals surface area (Å²) in [4.78, 5) is 18.8. The SMILES string of the molecule is COC(CNc1nc(C)cc(C(=O)O)n1)C1CC(F)(F)C1. The molecule has 0 bridgehead atoms. The lowest BCUT2D eigenvalue weighted by Gasteiger charge is -2.39. The highest BCUT2D eigenvalue weighted by Crippen LogP contribution is 2.44. The van der Waals surface area contributed by atoms with Gasteiger partial charge < -0.3 is 15.2 Å². The molecule has 2 rings (SSSR count). The number of nitrogens with one attached hydrogen (secondary N) is 1. The van der Waals surface area contributed by atoms with Gasteiger partial charge in [0, 0.05) is 32.2 Å². The number of halogens is 2. The van der Waals surface area contributed by atoms with Gasteiger partial charge in [0.15, 0.2) is 5.69 Å². The Hall–Kier alpha value is -1.83. The number of hydrogen-bond acceptors (Lipinski definition) is 5.